The number of anilines is 1. The monoisotopic (exact) mass is 266 g/mol. The SMILES string of the molecule is Cc1cccc(Cc2noc(-c3ccnc(N)c3)n2)c1. The van der Waals surface area contributed by atoms with Crippen LogP contribution in [-0.4, -0.2) is 15.1 Å². The molecule has 0 fully saturated rings. The molecule has 0 aliphatic heterocycles. The molecule has 0 bridgehead atoms. The van der Waals surface area contributed by atoms with Gasteiger partial charge in [-0.3, -0.25) is 0 Å². The highest BCUT2D eigenvalue weighted by Crippen LogP contribution is 2.19. The molecule has 0 saturated carbocycles. The highest BCUT2D eigenvalue weighted by Gasteiger charge is 2.09. The van der Waals surface area contributed by atoms with Crippen LogP contribution in [0.1, 0.15) is 17.0 Å². The maximum Gasteiger partial charge on any atom is 0.258 e. The lowest BCUT2D eigenvalue weighted by Gasteiger charge is -1.98. The summed E-state index contributed by atoms with van der Waals surface area (Å²) in [6, 6.07) is 11.7. The summed E-state index contributed by atoms with van der Waals surface area (Å²) in [5.41, 5.74) is 8.79. The third-order valence-corrected chi connectivity index (χ3v) is 2.94. The van der Waals surface area contributed by atoms with Gasteiger partial charge in [0.15, 0.2) is 5.82 Å². The van der Waals surface area contributed by atoms with Gasteiger partial charge in [-0.05, 0) is 24.6 Å². The van der Waals surface area contributed by atoms with E-state index in [1.807, 2.05) is 12.1 Å². The number of hydrogen-bond acceptors (Lipinski definition) is 5. The minimum Gasteiger partial charge on any atom is -0.384 e. The zero-order valence-electron chi connectivity index (χ0n) is 11.1. The molecular weight excluding hydrogens is 252 g/mol. The second-order valence-corrected chi connectivity index (χ2v) is 4.65. The average Bonchev–Trinajstić information content (AvgIpc) is 2.87. The van der Waals surface area contributed by atoms with Crippen LogP contribution in [0.2, 0.25) is 0 Å². The second-order valence-electron chi connectivity index (χ2n) is 4.65. The van der Waals surface area contributed by atoms with Gasteiger partial charge >= 0.3 is 0 Å². The Labute approximate surface area is 116 Å². The number of nitrogens with two attached hydrogens (primary N) is 1. The Kier molecular flexibility index (Phi) is 3.16. The Morgan fingerprint density at radius 1 is 1.20 bits per heavy atom. The van der Waals surface area contributed by atoms with E-state index in [0.717, 1.165) is 11.1 Å². The number of nitrogen functional groups attached to an aromatic ring is 1. The zero-order chi connectivity index (χ0) is 13.9. The Morgan fingerprint density at radius 3 is 2.90 bits per heavy atom. The molecule has 0 aliphatic carbocycles. The molecule has 0 aliphatic rings. The first kappa shape index (κ1) is 12.3. The van der Waals surface area contributed by atoms with Gasteiger partial charge in [0.25, 0.3) is 5.89 Å². The predicted molar refractivity (Wildman–Crippen MR) is 75.9 cm³/mol. The van der Waals surface area contributed by atoms with E-state index in [1.54, 1.807) is 18.3 Å². The first-order valence-electron chi connectivity index (χ1n) is 6.31. The van der Waals surface area contributed by atoms with E-state index < -0.39 is 0 Å². The minimum absolute atomic E-state index is 0.431. The standard InChI is InChI=1S/C15H14N4O/c1-10-3-2-4-11(7-10)8-14-18-15(20-19-14)12-5-6-17-13(16)9-12/h2-7,9H,8H2,1H3,(H2,16,17). The van der Waals surface area contributed by atoms with E-state index in [0.29, 0.717) is 24.0 Å². The second kappa shape index (κ2) is 5.13. The molecule has 2 N–H and O–H groups in total. The van der Waals surface area contributed by atoms with Crippen molar-refractivity contribution in [3.05, 3.63) is 59.5 Å². The molecule has 0 saturated heterocycles. The van der Waals surface area contributed by atoms with Crippen molar-refractivity contribution in [2.75, 3.05) is 5.73 Å². The van der Waals surface area contributed by atoms with E-state index in [4.69, 9.17) is 10.3 Å². The molecule has 3 aromatic rings. The highest BCUT2D eigenvalue weighted by molar-refractivity contribution is 5.56. The summed E-state index contributed by atoms with van der Waals surface area (Å²) >= 11 is 0. The number of aryl methyl sites for hydroxylation is 1. The third kappa shape index (κ3) is 2.66. The van der Waals surface area contributed by atoms with Crippen LogP contribution in [0.4, 0.5) is 5.82 Å². The quantitative estimate of drug-likeness (QED) is 0.788. The smallest absolute Gasteiger partial charge is 0.258 e. The van der Waals surface area contributed by atoms with E-state index in [9.17, 15) is 0 Å². The first-order chi connectivity index (χ1) is 9.70. The molecule has 0 atom stereocenters. The van der Waals surface area contributed by atoms with Crippen LogP contribution in [0.3, 0.4) is 0 Å². The number of benzene rings is 1. The molecule has 1 aromatic carbocycles. The summed E-state index contributed by atoms with van der Waals surface area (Å²) in [6.45, 7) is 2.06. The van der Waals surface area contributed by atoms with Gasteiger partial charge in [0.1, 0.15) is 5.82 Å². The van der Waals surface area contributed by atoms with Gasteiger partial charge in [0.05, 0.1) is 0 Å². The Bertz CT molecular complexity index is 736. The van der Waals surface area contributed by atoms with Gasteiger partial charge in [-0.1, -0.05) is 35.0 Å². The van der Waals surface area contributed by atoms with Crippen LogP contribution in [0.5, 0.6) is 0 Å². The number of hydrogen-bond donors (Lipinski definition) is 1. The molecule has 3 rings (SSSR count). The normalized spacial score (nSPS) is 10.7. The Balaban J connectivity index is 1.84. The van der Waals surface area contributed by atoms with Gasteiger partial charge in [-0.15, -0.1) is 0 Å². The number of nitrogens with zero attached hydrogens (tertiary/aromatic N) is 3. The van der Waals surface area contributed by atoms with Gasteiger partial charge < -0.3 is 10.3 Å². The van der Waals surface area contributed by atoms with Crippen molar-refractivity contribution in [2.45, 2.75) is 13.3 Å². The number of rotatable bonds is 3. The number of pyridine rings is 1. The van der Waals surface area contributed by atoms with E-state index >= 15 is 0 Å². The number of aromatic nitrogens is 3. The zero-order valence-corrected chi connectivity index (χ0v) is 11.1. The van der Waals surface area contributed by atoms with Gasteiger partial charge in [-0.25, -0.2) is 4.98 Å². The van der Waals surface area contributed by atoms with Crippen LogP contribution in [-0.2, 0) is 6.42 Å². The molecule has 0 unspecified atom stereocenters. The van der Waals surface area contributed by atoms with Gasteiger partial charge in [-0.2, -0.15) is 4.98 Å². The average molecular weight is 266 g/mol. The van der Waals surface area contributed by atoms with E-state index in [2.05, 4.69) is 34.2 Å². The molecule has 100 valence electrons. The molecule has 20 heavy (non-hydrogen) atoms. The maximum absolute atomic E-state index is 5.64. The first-order valence-corrected chi connectivity index (χ1v) is 6.31. The van der Waals surface area contributed by atoms with Crippen LogP contribution >= 0.6 is 0 Å². The summed E-state index contributed by atoms with van der Waals surface area (Å²) in [6.07, 6.45) is 2.26. The lowest BCUT2D eigenvalue weighted by molar-refractivity contribution is 0.424. The summed E-state index contributed by atoms with van der Waals surface area (Å²) in [4.78, 5) is 8.32. The molecule has 2 heterocycles. The largest absolute Gasteiger partial charge is 0.384 e. The lowest BCUT2D eigenvalue weighted by atomic mass is 10.1. The van der Waals surface area contributed by atoms with Crippen molar-refractivity contribution >= 4 is 5.82 Å². The fourth-order valence-corrected chi connectivity index (χ4v) is 2.03. The molecule has 2 aromatic heterocycles. The maximum atomic E-state index is 5.64. The molecule has 5 heteroatoms. The Morgan fingerprint density at radius 2 is 2.10 bits per heavy atom. The van der Waals surface area contributed by atoms with E-state index in [-0.39, 0.29) is 0 Å². The van der Waals surface area contributed by atoms with Crippen molar-refractivity contribution in [1.82, 2.24) is 15.1 Å². The van der Waals surface area contributed by atoms with Crippen molar-refractivity contribution in [2.24, 2.45) is 0 Å². The molecule has 0 amide bonds. The van der Waals surface area contributed by atoms with Crippen LogP contribution in [0, 0.1) is 6.92 Å². The van der Waals surface area contributed by atoms with Crippen molar-refractivity contribution in [1.29, 1.82) is 0 Å². The molecule has 0 spiro atoms. The topological polar surface area (TPSA) is 77.8 Å². The molecule has 0 radical (unpaired) electrons. The van der Waals surface area contributed by atoms with Gasteiger partial charge in [0.2, 0.25) is 0 Å². The third-order valence-electron chi connectivity index (χ3n) is 2.94. The molecule has 5 nitrogen and oxygen atoms in total. The fraction of sp³-hybridized carbons (Fsp3) is 0.133. The van der Waals surface area contributed by atoms with Gasteiger partial charge in [0, 0.05) is 18.2 Å². The highest BCUT2D eigenvalue weighted by atomic mass is 16.5. The minimum atomic E-state index is 0.431. The lowest BCUT2D eigenvalue weighted by Crippen LogP contribution is -1.92. The predicted octanol–water partition coefficient (Wildman–Crippen LogP) is 2.61. The van der Waals surface area contributed by atoms with Crippen LogP contribution in [0.15, 0.2) is 47.1 Å². The van der Waals surface area contributed by atoms with Crippen molar-refractivity contribution in [3.63, 3.8) is 0 Å². The summed E-state index contributed by atoms with van der Waals surface area (Å²) in [5, 5.41) is 4.00. The van der Waals surface area contributed by atoms with Crippen LogP contribution < -0.4 is 5.73 Å². The molecular formula is C15H14N4O. The van der Waals surface area contributed by atoms with E-state index in [1.165, 1.54) is 5.56 Å². The summed E-state index contributed by atoms with van der Waals surface area (Å²) in [7, 11) is 0. The Hall–Kier alpha value is -2.69. The van der Waals surface area contributed by atoms with Crippen LogP contribution in [0.25, 0.3) is 11.5 Å². The summed E-state index contributed by atoms with van der Waals surface area (Å²) in [5.74, 6) is 1.55. The summed E-state index contributed by atoms with van der Waals surface area (Å²) < 4.78 is 5.26. The van der Waals surface area contributed by atoms with Crippen molar-refractivity contribution < 1.29 is 4.52 Å². The van der Waals surface area contributed by atoms with Crippen molar-refractivity contribution in [3.8, 4) is 11.5 Å². The fourth-order valence-electron chi connectivity index (χ4n) is 2.03.